The number of nitrogens with one attached hydrogen (secondary N) is 1. The summed E-state index contributed by atoms with van der Waals surface area (Å²) in [6, 6.07) is 4.86. The molecule has 1 aliphatic heterocycles. The number of halogens is 1. The SMILES string of the molecule is CC(C)(C)c1cc([C@H]2CCCCN2)cc(C(C)(C)C)c1O.Cl. The second-order valence-electron chi connectivity index (χ2n) is 8.47. The third kappa shape index (κ3) is 4.17. The van der Waals surface area contributed by atoms with E-state index in [1.165, 1.54) is 24.8 Å². The number of rotatable bonds is 1. The van der Waals surface area contributed by atoms with Crippen LogP contribution in [0.3, 0.4) is 0 Å². The summed E-state index contributed by atoms with van der Waals surface area (Å²) in [5, 5.41) is 14.4. The van der Waals surface area contributed by atoms with Crippen LogP contribution in [0.1, 0.15) is 83.5 Å². The highest BCUT2D eigenvalue weighted by Crippen LogP contribution is 2.41. The molecule has 126 valence electrons. The molecule has 0 bridgehead atoms. The van der Waals surface area contributed by atoms with Gasteiger partial charge in [-0.05, 0) is 59.0 Å². The molecule has 0 aromatic heterocycles. The molecular formula is C19H32ClNO. The predicted octanol–water partition coefficient (Wildman–Crippen LogP) is 5.22. The van der Waals surface area contributed by atoms with Crippen LogP contribution in [-0.2, 0) is 10.8 Å². The summed E-state index contributed by atoms with van der Waals surface area (Å²) in [6.45, 7) is 14.1. The molecule has 1 aliphatic rings. The Morgan fingerprint density at radius 3 is 1.82 bits per heavy atom. The predicted molar refractivity (Wildman–Crippen MR) is 97.3 cm³/mol. The summed E-state index contributed by atoms with van der Waals surface area (Å²) in [5.74, 6) is 0.481. The van der Waals surface area contributed by atoms with Crippen molar-refractivity contribution in [3.8, 4) is 5.75 Å². The number of piperidine rings is 1. The molecule has 1 atom stereocenters. The summed E-state index contributed by atoms with van der Waals surface area (Å²) in [6.07, 6.45) is 3.75. The van der Waals surface area contributed by atoms with Gasteiger partial charge < -0.3 is 10.4 Å². The Morgan fingerprint density at radius 1 is 0.955 bits per heavy atom. The van der Waals surface area contributed by atoms with E-state index in [2.05, 4.69) is 59.0 Å². The van der Waals surface area contributed by atoms with E-state index >= 15 is 0 Å². The molecule has 1 aromatic carbocycles. The van der Waals surface area contributed by atoms with Crippen LogP contribution in [0.15, 0.2) is 12.1 Å². The molecule has 1 aromatic rings. The van der Waals surface area contributed by atoms with Crippen LogP contribution in [0.4, 0.5) is 0 Å². The van der Waals surface area contributed by atoms with E-state index in [1.807, 2.05) is 0 Å². The third-order valence-corrected chi connectivity index (χ3v) is 4.46. The maximum atomic E-state index is 10.8. The molecule has 1 fully saturated rings. The van der Waals surface area contributed by atoms with Crippen molar-refractivity contribution in [1.29, 1.82) is 0 Å². The van der Waals surface area contributed by atoms with Crippen LogP contribution in [0, 0.1) is 0 Å². The molecule has 0 radical (unpaired) electrons. The molecule has 2 N–H and O–H groups in total. The molecule has 0 saturated carbocycles. The van der Waals surface area contributed by atoms with Crippen molar-refractivity contribution in [2.24, 2.45) is 0 Å². The first-order chi connectivity index (χ1) is 9.60. The van der Waals surface area contributed by atoms with Gasteiger partial charge in [-0.15, -0.1) is 12.4 Å². The molecule has 0 unspecified atom stereocenters. The molecule has 3 heteroatoms. The largest absolute Gasteiger partial charge is 0.507 e. The normalized spacial score (nSPS) is 19.6. The van der Waals surface area contributed by atoms with Crippen molar-refractivity contribution in [1.82, 2.24) is 5.32 Å². The summed E-state index contributed by atoms with van der Waals surface area (Å²) < 4.78 is 0. The van der Waals surface area contributed by atoms with Crippen LogP contribution in [0.5, 0.6) is 5.75 Å². The molecule has 2 rings (SSSR count). The van der Waals surface area contributed by atoms with Gasteiger partial charge in [-0.1, -0.05) is 48.0 Å². The molecule has 1 saturated heterocycles. The molecule has 1 heterocycles. The summed E-state index contributed by atoms with van der Waals surface area (Å²) in [4.78, 5) is 0. The van der Waals surface area contributed by atoms with Gasteiger partial charge in [0.25, 0.3) is 0 Å². The summed E-state index contributed by atoms with van der Waals surface area (Å²) >= 11 is 0. The molecule has 0 spiro atoms. The maximum absolute atomic E-state index is 10.8. The van der Waals surface area contributed by atoms with Crippen LogP contribution < -0.4 is 5.32 Å². The average Bonchev–Trinajstić information content (AvgIpc) is 2.37. The Labute approximate surface area is 142 Å². The fourth-order valence-corrected chi connectivity index (χ4v) is 3.14. The number of hydrogen-bond donors (Lipinski definition) is 2. The van der Waals surface area contributed by atoms with Gasteiger partial charge in [-0.3, -0.25) is 0 Å². The number of phenols is 1. The highest BCUT2D eigenvalue weighted by atomic mass is 35.5. The van der Waals surface area contributed by atoms with Crippen molar-refractivity contribution in [2.75, 3.05) is 6.54 Å². The third-order valence-electron chi connectivity index (χ3n) is 4.46. The standard InChI is InChI=1S/C19H31NO.ClH/c1-18(2,3)14-11-13(16-9-7-8-10-20-16)12-15(17(14)21)19(4,5)6;/h11-12,16,20-21H,7-10H2,1-6H3;1H/t16-;/m1./s1. The lowest BCUT2D eigenvalue weighted by Gasteiger charge is -2.31. The van der Waals surface area contributed by atoms with E-state index in [0.29, 0.717) is 11.8 Å². The van der Waals surface area contributed by atoms with Crippen molar-refractivity contribution < 1.29 is 5.11 Å². The van der Waals surface area contributed by atoms with Gasteiger partial charge in [0.1, 0.15) is 5.75 Å². The second kappa shape index (κ2) is 6.80. The summed E-state index contributed by atoms with van der Waals surface area (Å²) in [5.41, 5.74) is 3.38. The number of aromatic hydroxyl groups is 1. The van der Waals surface area contributed by atoms with Gasteiger partial charge in [0.15, 0.2) is 0 Å². The zero-order chi connectivity index (χ0) is 15.8. The number of phenolic OH excluding ortho intramolecular Hbond substituents is 1. The first kappa shape index (κ1) is 19.3. The van der Waals surface area contributed by atoms with Crippen molar-refractivity contribution in [3.05, 3.63) is 28.8 Å². The van der Waals surface area contributed by atoms with Gasteiger partial charge in [0.05, 0.1) is 0 Å². The number of benzene rings is 1. The molecule has 22 heavy (non-hydrogen) atoms. The Kier molecular flexibility index (Phi) is 5.97. The second-order valence-corrected chi connectivity index (χ2v) is 8.47. The van der Waals surface area contributed by atoms with Crippen LogP contribution in [0.25, 0.3) is 0 Å². The number of hydrogen-bond acceptors (Lipinski definition) is 2. The van der Waals surface area contributed by atoms with E-state index < -0.39 is 0 Å². The zero-order valence-corrected chi connectivity index (χ0v) is 15.7. The van der Waals surface area contributed by atoms with E-state index in [-0.39, 0.29) is 23.2 Å². The van der Waals surface area contributed by atoms with E-state index in [9.17, 15) is 5.11 Å². The molecular weight excluding hydrogens is 294 g/mol. The van der Waals surface area contributed by atoms with Crippen molar-refractivity contribution >= 4 is 12.4 Å². The van der Waals surface area contributed by atoms with Gasteiger partial charge in [-0.25, -0.2) is 0 Å². The quantitative estimate of drug-likeness (QED) is 0.741. The molecule has 0 aliphatic carbocycles. The minimum atomic E-state index is -0.0469. The monoisotopic (exact) mass is 325 g/mol. The minimum absolute atomic E-state index is 0. The first-order valence-corrected chi connectivity index (χ1v) is 8.22. The minimum Gasteiger partial charge on any atom is -0.507 e. The topological polar surface area (TPSA) is 32.3 Å². The van der Waals surface area contributed by atoms with Gasteiger partial charge in [-0.2, -0.15) is 0 Å². The average molecular weight is 326 g/mol. The fraction of sp³-hybridized carbons (Fsp3) is 0.684. The highest BCUT2D eigenvalue weighted by Gasteiger charge is 2.28. The van der Waals surface area contributed by atoms with E-state index in [0.717, 1.165) is 17.7 Å². The van der Waals surface area contributed by atoms with Crippen LogP contribution in [-0.4, -0.2) is 11.7 Å². The van der Waals surface area contributed by atoms with Gasteiger partial charge in [0.2, 0.25) is 0 Å². The highest BCUT2D eigenvalue weighted by molar-refractivity contribution is 5.85. The van der Waals surface area contributed by atoms with Crippen molar-refractivity contribution in [3.63, 3.8) is 0 Å². The first-order valence-electron chi connectivity index (χ1n) is 8.22. The Balaban J connectivity index is 0.00000242. The smallest absolute Gasteiger partial charge is 0.123 e. The van der Waals surface area contributed by atoms with Crippen LogP contribution >= 0.6 is 12.4 Å². The maximum Gasteiger partial charge on any atom is 0.123 e. The molecule has 0 amide bonds. The van der Waals surface area contributed by atoms with Crippen LogP contribution in [0.2, 0.25) is 0 Å². The van der Waals surface area contributed by atoms with Gasteiger partial charge >= 0.3 is 0 Å². The Bertz CT molecular complexity index is 470. The lowest BCUT2D eigenvalue weighted by Crippen LogP contribution is -2.28. The van der Waals surface area contributed by atoms with E-state index in [1.54, 1.807) is 0 Å². The summed E-state index contributed by atoms with van der Waals surface area (Å²) in [7, 11) is 0. The Hall–Kier alpha value is -0.730. The fourth-order valence-electron chi connectivity index (χ4n) is 3.14. The van der Waals surface area contributed by atoms with Gasteiger partial charge in [0, 0.05) is 6.04 Å². The Morgan fingerprint density at radius 2 is 1.45 bits per heavy atom. The zero-order valence-electron chi connectivity index (χ0n) is 14.9. The van der Waals surface area contributed by atoms with E-state index in [4.69, 9.17) is 0 Å². The lowest BCUT2D eigenvalue weighted by molar-refractivity contribution is 0.402. The molecule has 2 nitrogen and oxygen atoms in total. The van der Waals surface area contributed by atoms with Crippen molar-refractivity contribution in [2.45, 2.75) is 77.7 Å². The lowest BCUT2D eigenvalue weighted by atomic mass is 9.77.